The van der Waals surface area contributed by atoms with Crippen LogP contribution in [-0.2, 0) is 10.0 Å². The minimum atomic E-state index is -3.44. The van der Waals surface area contributed by atoms with Crippen molar-refractivity contribution in [1.29, 1.82) is 0 Å². The molecule has 0 aliphatic rings. The maximum Gasteiger partial charge on any atom is 0.229 e. The minimum Gasteiger partial charge on any atom is -0.317 e. The molecule has 9 heteroatoms. The minimum absolute atomic E-state index is 0. The second-order valence-electron chi connectivity index (χ2n) is 4.63. The van der Waals surface area contributed by atoms with E-state index in [2.05, 4.69) is 4.72 Å². The number of carbonyl (C=O) groups excluding carboxylic acids is 1. The highest BCUT2D eigenvalue weighted by molar-refractivity contribution is 8.00. The number of thioether (sulfide) groups is 1. The molecule has 0 fully saturated rings. The van der Waals surface area contributed by atoms with Crippen molar-refractivity contribution >= 4 is 57.0 Å². The lowest BCUT2D eigenvalue weighted by Gasteiger charge is -2.12. The van der Waals surface area contributed by atoms with Crippen LogP contribution < -0.4 is 10.5 Å². The fourth-order valence-corrected chi connectivity index (χ4v) is 4.21. The third-order valence-electron chi connectivity index (χ3n) is 2.86. The van der Waals surface area contributed by atoms with Crippen LogP contribution in [0.1, 0.15) is 21.3 Å². The van der Waals surface area contributed by atoms with E-state index in [4.69, 9.17) is 5.73 Å². The van der Waals surface area contributed by atoms with Crippen molar-refractivity contribution in [2.75, 3.05) is 17.2 Å². The van der Waals surface area contributed by atoms with Crippen LogP contribution >= 0.6 is 35.5 Å². The summed E-state index contributed by atoms with van der Waals surface area (Å²) in [4.78, 5) is 13.0. The number of ketones is 1. The summed E-state index contributed by atoms with van der Waals surface area (Å²) in [6, 6.07) is 9.51. The first-order valence-electron chi connectivity index (χ1n) is 6.32. The fraction of sp³-hybridized carbons (Fsp3) is 0.214. The first kappa shape index (κ1) is 20.0. The Morgan fingerprint density at radius 3 is 2.43 bits per heavy atom. The number of halogens is 1. The van der Waals surface area contributed by atoms with E-state index in [0.717, 1.165) is 10.5 Å². The lowest BCUT2D eigenvalue weighted by Crippen LogP contribution is -2.22. The van der Waals surface area contributed by atoms with Gasteiger partial charge in [0.15, 0.2) is 5.78 Å². The number of thiophene rings is 1. The number of benzene rings is 1. The molecule has 0 saturated carbocycles. The SMILES string of the molecule is CSc1cc(NS(C)(=O)=O)c(C(N)C(=O)c2ccccc2)s1.Cl. The standard InChI is InChI=1S/C14H16N2O3S3.ClH/c1-20-11-8-10(16-22(2,18)19)14(21-11)12(15)13(17)9-6-4-3-5-7-9;/h3-8,12,16H,15H2,1-2H3;1H. The van der Waals surface area contributed by atoms with Crippen LogP contribution in [0, 0.1) is 0 Å². The van der Waals surface area contributed by atoms with Gasteiger partial charge in [0.2, 0.25) is 10.0 Å². The van der Waals surface area contributed by atoms with E-state index in [9.17, 15) is 13.2 Å². The molecule has 3 N–H and O–H groups in total. The van der Waals surface area contributed by atoms with Gasteiger partial charge in [-0.25, -0.2) is 8.42 Å². The molecule has 23 heavy (non-hydrogen) atoms. The van der Waals surface area contributed by atoms with Crippen molar-refractivity contribution in [3.63, 3.8) is 0 Å². The summed E-state index contributed by atoms with van der Waals surface area (Å²) in [5, 5.41) is 0. The molecule has 1 aromatic carbocycles. The Hall–Kier alpha value is -1.06. The molecule has 1 unspecified atom stereocenters. The largest absolute Gasteiger partial charge is 0.317 e. The highest BCUT2D eigenvalue weighted by atomic mass is 35.5. The molecule has 0 spiro atoms. The second kappa shape index (κ2) is 8.16. The van der Waals surface area contributed by atoms with E-state index >= 15 is 0 Å². The molecular formula is C14H17ClN2O3S3. The van der Waals surface area contributed by atoms with Crippen molar-refractivity contribution in [2.45, 2.75) is 10.3 Å². The van der Waals surface area contributed by atoms with E-state index in [-0.39, 0.29) is 18.2 Å². The van der Waals surface area contributed by atoms with Crippen LogP contribution in [0.15, 0.2) is 40.6 Å². The molecule has 126 valence electrons. The molecule has 0 radical (unpaired) electrons. The average molecular weight is 393 g/mol. The van der Waals surface area contributed by atoms with E-state index in [1.165, 1.54) is 23.1 Å². The number of sulfonamides is 1. The second-order valence-corrected chi connectivity index (χ2v) is 8.57. The van der Waals surface area contributed by atoms with Crippen molar-refractivity contribution in [1.82, 2.24) is 0 Å². The molecule has 1 aromatic heterocycles. The van der Waals surface area contributed by atoms with Gasteiger partial charge in [-0.3, -0.25) is 9.52 Å². The van der Waals surface area contributed by atoms with Crippen LogP contribution in [0.2, 0.25) is 0 Å². The number of rotatable bonds is 6. The summed E-state index contributed by atoms with van der Waals surface area (Å²) in [5.74, 6) is -0.244. The number of nitrogens with two attached hydrogens (primary N) is 1. The zero-order valence-electron chi connectivity index (χ0n) is 12.5. The smallest absolute Gasteiger partial charge is 0.229 e. The summed E-state index contributed by atoms with van der Waals surface area (Å²) in [6.07, 6.45) is 2.95. The number of Topliss-reactive ketones (excluding diaryl/α,β-unsaturated/α-hetero) is 1. The summed E-state index contributed by atoms with van der Waals surface area (Å²) in [5.41, 5.74) is 6.94. The van der Waals surface area contributed by atoms with E-state index in [1.807, 2.05) is 12.3 Å². The van der Waals surface area contributed by atoms with Gasteiger partial charge < -0.3 is 5.73 Å². The Bertz CT molecular complexity index is 776. The van der Waals surface area contributed by atoms with E-state index < -0.39 is 16.1 Å². The average Bonchev–Trinajstić information content (AvgIpc) is 2.87. The van der Waals surface area contributed by atoms with Crippen LogP contribution in [0.3, 0.4) is 0 Å². The third-order valence-corrected chi connectivity index (χ3v) is 5.73. The summed E-state index contributed by atoms with van der Waals surface area (Å²) in [6.45, 7) is 0. The van der Waals surface area contributed by atoms with Gasteiger partial charge in [-0.15, -0.1) is 35.5 Å². The van der Waals surface area contributed by atoms with Crippen LogP contribution in [0.4, 0.5) is 5.69 Å². The lowest BCUT2D eigenvalue weighted by molar-refractivity contribution is 0.0963. The fourth-order valence-electron chi connectivity index (χ4n) is 1.89. The van der Waals surface area contributed by atoms with Crippen LogP contribution in [0.25, 0.3) is 0 Å². The predicted octanol–water partition coefficient (Wildman–Crippen LogP) is 3.15. The quantitative estimate of drug-likeness (QED) is 0.582. The van der Waals surface area contributed by atoms with Gasteiger partial charge >= 0.3 is 0 Å². The third kappa shape index (κ3) is 5.22. The van der Waals surface area contributed by atoms with Crippen LogP contribution in [0.5, 0.6) is 0 Å². The van der Waals surface area contributed by atoms with E-state index in [0.29, 0.717) is 16.1 Å². The molecule has 0 aliphatic carbocycles. The Kier molecular flexibility index (Phi) is 7.09. The Morgan fingerprint density at radius 1 is 1.30 bits per heavy atom. The molecule has 1 heterocycles. The van der Waals surface area contributed by atoms with Gasteiger partial charge in [-0.2, -0.15) is 0 Å². The normalized spacial score (nSPS) is 12.3. The summed E-state index contributed by atoms with van der Waals surface area (Å²) in [7, 11) is -3.44. The van der Waals surface area contributed by atoms with Gasteiger partial charge in [0.05, 0.1) is 21.0 Å². The van der Waals surface area contributed by atoms with E-state index in [1.54, 1.807) is 30.3 Å². The lowest BCUT2D eigenvalue weighted by atomic mass is 10.0. The van der Waals surface area contributed by atoms with Crippen molar-refractivity contribution in [3.05, 3.63) is 46.8 Å². The highest BCUT2D eigenvalue weighted by Crippen LogP contribution is 2.37. The summed E-state index contributed by atoms with van der Waals surface area (Å²) >= 11 is 2.79. The molecule has 5 nitrogen and oxygen atoms in total. The monoisotopic (exact) mass is 392 g/mol. The predicted molar refractivity (Wildman–Crippen MR) is 99.5 cm³/mol. The topological polar surface area (TPSA) is 89.3 Å². The van der Waals surface area contributed by atoms with Gasteiger partial charge in [-0.05, 0) is 12.3 Å². The first-order valence-corrected chi connectivity index (χ1v) is 10.3. The Balaban J connectivity index is 0.00000264. The van der Waals surface area contributed by atoms with Crippen molar-refractivity contribution in [2.24, 2.45) is 5.73 Å². The molecular weight excluding hydrogens is 376 g/mol. The molecule has 0 saturated heterocycles. The molecule has 0 aliphatic heterocycles. The molecule has 1 atom stereocenters. The highest BCUT2D eigenvalue weighted by Gasteiger charge is 2.24. The zero-order chi connectivity index (χ0) is 16.3. The molecule has 0 amide bonds. The Morgan fingerprint density at radius 2 is 1.91 bits per heavy atom. The maximum absolute atomic E-state index is 12.5. The summed E-state index contributed by atoms with van der Waals surface area (Å²) < 4.78 is 26.3. The molecule has 2 aromatic rings. The van der Waals surface area contributed by atoms with Gasteiger partial charge in [-0.1, -0.05) is 30.3 Å². The number of hydrogen-bond acceptors (Lipinski definition) is 6. The van der Waals surface area contributed by atoms with Gasteiger partial charge in [0, 0.05) is 5.56 Å². The van der Waals surface area contributed by atoms with Crippen LogP contribution in [-0.4, -0.2) is 26.7 Å². The first-order chi connectivity index (χ1) is 10.3. The van der Waals surface area contributed by atoms with Crippen molar-refractivity contribution < 1.29 is 13.2 Å². The maximum atomic E-state index is 12.5. The van der Waals surface area contributed by atoms with Crippen molar-refractivity contribution in [3.8, 4) is 0 Å². The van der Waals surface area contributed by atoms with Gasteiger partial charge in [0.25, 0.3) is 0 Å². The molecule has 0 bridgehead atoms. The molecule has 2 rings (SSSR count). The number of hydrogen-bond donors (Lipinski definition) is 2. The number of anilines is 1. The Labute approximate surface area is 150 Å². The van der Waals surface area contributed by atoms with Gasteiger partial charge in [0.1, 0.15) is 6.04 Å². The zero-order valence-corrected chi connectivity index (χ0v) is 15.7. The number of nitrogens with one attached hydrogen (secondary N) is 1. The number of carbonyl (C=O) groups is 1.